The van der Waals surface area contributed by atoms with Gasteiger partial charge in [-0.25, -0.2) is 0 Å². The summed E-state index contributed by atoms with van der Waals surface area (Å²) >= 11 is 0. The molecule has 2 aromatic rings. The molecular formula is C26H32N2O7S. The molecule has 2 aromatic carbocycles. The van der Waals surface area contributed by atoms with Gasteiger partial charge in [0.05, 0.1) is 13.2 Å². The molecule has 0 aromatic heterocycles. The van der Waals surface area contributed by atoms with Gasteiger partial charge < -0.3 is 23.9 Å². The van der Waals surface area contributed by atoms with E-state index in [0.29, 0.717) is 25.4 Å². The van der Waals surface area contributed by atoms with E-state index in [1.807, 2.05) is 4.90 Å². The maximum atomic E-state index is 13.1. The summed E-state index contributed by atoms with van der Waals surface area (Å²) in [7, 11) is -2.74. The minimum Gasteiger partial charge on any atom is -0.493 e. The SMILES string of the molecule is COc1ccc(CN(CC2CCCO2)C(=O)C2CCC2)cc1OS(=O)(=O)c1ccc(NC(C)=O)cc1. The van der Waals surface area contributed by atoms with E-state index in [1.54, 1.807) is 18.2 Å². The summed E-state index contributed by atoms with van der Waals surface area (Å²) in [6, 6.07) is 10.7. The molecule has 36 heavy (non-hydrogen) atoms. The van der Waals surface area contributed by atoms with Gasteiger partial charge in [-0.2, -0.15) is 8.42 Å². The molecular weight excluding hydrogens is 484 g/mol. The Balaban J connectivity index is 1.53. The van der Waals surface area contributed by atoms with E-state index in [0.717, 1.165) is 37.7 Å². The van der Waals surface area contributed by atoms with Gasteiger partial charge in [0.25, 0.3) is 0 Å². The highest BCUT2D eigenvalue weighted by atomic mass is 32.2. The minimum atomic E-state index is -4.17. The van der Waals surface area contributed by atoms with Gasteiger partial charge in [0.2, 0.25) is 11.8 Å². The second kappa shape index (κ2) is 11.3. The number of carbonyl (C=O) groups is 2. The molecule has 0 bridgehead atoms. The van der Waals surface area contributed by atoms with Gasteiger partial charge in [-0.05, 0) is 67.6 Å². The number of methoxy groups -OCH3 is 1. The van der Waals surface area contributed by atoms with Crippen molar-refractivity contribution in [3.63, 3.8) is 0 Å². The molecule has 1 aliphatic heterocycles. The summed E-state index contributed by atoms with van der Waals surface area (Å²) in [4.78, 5) is 26.1. The van der Waals surface area contributed by atoms with E-state index in [2.05, 4.69) is 5.32 Å². The van der Waals surface area contributed by atoms with Gasteiger partial charge in [0.1, 0.15) is 4.90 Å². The topological polar surface area (TPSA) is 111 Å². The van der Waals surface area contributed by atoms with Crippen LogP contribution in [0.5, 0.6) is 11.5 Å². The lowest BCUT2D eigenvalue weighted by Crippen LogP contribution is -2.42. The van der Waals surface area contributed by atoms with Crippen molar-refractivity contribution in [2.75, 3.05) is 25.6 Å². The van der Waals surface area contributed by atoms with Crippen molar-refractivity contribution in [2.24, 2.45) is 5.92 Å². The molecule has 2 aliphatic rings. The first-order valence-corrected chi connectivity index (χ1v) is 13.6. The first-order valence-electron chi connectivity index (χ1n) is 12.1. The first-order chi connectivity index (χ1) is 17.2. The Morgan fingerprint density at radius 2 is 1.81 bits per heavy atom. The lowest BCUT2D eigenvalue weighted by Gasteiger charge is -2.33. The third-order valence-electron chi connectivity index (χ3n) is 6.48. The van der Waals surface area contributed by atoms with Crippen LogP contribution in [-0.2, 0) is 31.0 Å². The van der Waals surface area contributed by atoms with Crippen LogP contribution in [0.1, 0.15) is 44.6 Å². The number of hydrogen-bond donors (Lipinski definition) is 1. The monoisotopic (exact) mass is 516 g/mol. The molecule has 1 heterocycles. The lowest BCUT2D eigenvalue weighted by atomic mass is 9.84. The Hall–Kier alpha value is -3.11. The Bertz CT molecular complexity index is 1190. The van der Waals surface area contributed by atoms with Crippen LogP contribution in [0.25, 0.3) is 0 Å². The van der Waals surface area contributed by atoms with Crippen molar-refractivity contribution in [3.05, 3.63) is 48.0 Å². The van der Waals surface area contributed by atoms with Gasteiger partial charge in [-0.15, -0.1) is 0 Å². The van der Waals surface area contributed by atoms with Crippen molar-refractivity contribution in [1.82, 2.24) is 4.90 Å². The fourth-order valence-corrected chi connectivity index (χ4v) is 5.29. The van der Waals surface area contributed by atoms with Gasteiger partial charge >= 0.3 is 10.1 Å². The van der Waals surface area contributed by atoms with Crippen molar-refractivity contribution < 1.29 is 31.7 Å². The summed E-state index contributed by atoms with van der Waals surface area (Å²) < 4.78 is 42.5. The smallest absolute Gasteiger partial charge is 0.339 e. The molecule has 2 fully saturated rings. The number of amides is 2. The molecule has 9 nitrogen and oxygen atoms in total. The highest BCUT2D eigenvalue weighted by molar-refractivity contribution is 7.87. The molecule has 10 heteroatoms. The molecule has 0 radical (unpaired) electrons. The van der Waals surface area contributed by atoms with Crippen LogP contribution in [0.4, 0.5) is 5.69 Å². The summed E-state index contributed by atoms with van der Waals surface area (Å²) in [6.45, 7) is 2.91. The van der Waals surface area contributed by atoms with Crippen LogP contribution in [0, 0.1) is 5.92 Å². The van der Waals surface area contributed by atoms with E-state index >= 15 is 0 Å². The van der Waals surface area contributed by atoms with Crippen LogP contribution in [0.2, 0.25) is 0 Å². The van der Waals surface area contributed by atoms with Crippen LogP contribution in [0.3, 0.4) is 0 Å². The van der Waals surface area contributed by atoms with Crippen LogP contribution in [0.15, 0.2) is 47.4 Å². The molecule has 0 spiro atoms. The van der Waals surface area contributed by atoms with E-state index in [1.165, 1.54) is 38.3 Å². The second-order valence-corrected chi connectivity index (χ2v) is 10.8. The average molecular weight is 517 g/mol. The number of anilines is 1. The van der Waals surface area contributed by atoms with Gasteiger partial charge in [-0.3, -0.25) is 9.59 Å². The maximum absolute atomic E-state index is 13.1. The van der Waals surface area contributed by atoms with Crippen molar-refractivity contribution in [2.45, 2.75) is 56.6 Å². The van der Waals surface area contributed by atoms with Crippen LogP contribution in [-0.4, -0.2) is 51.5 Å². The minimum absolute atomic E-state index is 0.0174. The number of nitrogens with one attached hydrogen (secondary N) is 1. The Morgan fingerprint density at radius 1 is 1.06 bits per heavy atom. The zero-order valence-electron chi connectivity index (χ0n) is 20.6. The van der Waals surface area contributed by atoms with Gasteiger partial charge in [-0.1, -0.05) is 12.5 Å². The summed E-state index contributed by atoms with van der Waals surface area (Å²) in [5, 5.41) is 2.59. The number of carbonyl (C=O) groups excluding carboxylic acids is 2. The number of rotatable bonds is 10. The van der Waals surface area contributed by atoms with E-state index in [-0.39, 0.29) is 40.2 Å². The summed E-state index contributed by atoms with van der Waals surface area (Å²) in [5.74, 6) is 0.193. The summed E-state index contributed by atoms with van der Waals surface area (Å²) in [6.07, 6.45) is 4.79. The molecule has 1 N–H and O–H groups in total. The third-order valence-corrected chi connectivity index (χ3v) is 7.73. The highest BCUT2D eigenvalue weighted by Gasteiger charge is 2.32. The Labute approximate surface area is 211 Å². The van der Waals surface area contributed by atoms with Crippen LogP contribution >= 0.6 is 0 Å². The van der Waals surface area contributed by atoms with E-state index < -0.39 is 10.1 Å². The van der Waals surface area contributed by atoms with Crippen molar-refractivity contribution in [1.29, 1.82) is 0 Å². The Kier molecular flexibility index (Phi) is 8.15. The van der Waals surface area contributed by atoms with Crippen LogP contribution < -0.4 is 14.2 Å². The molecule has 1 unspecified atom stereocenters. The number of nitrogens with zero attached hydrogens (tertiary/aromatic N) is 1. The highest BCUT2D eigenvalue weighted by Crippen LogP contribution is 2.33. The standard InChI is InChI=1S/C26H32N2O7S/c1-18(29)27-21-9-11-23(12-10-21)36(31,32)35-25-15-19(8-13-24(25)33-2)16-28(17-22-7-4-14-34-22)26(30)20-5-3-6-20/h8-13,15,20,22H,3-7,14,16-17H2,1-2H3,(H,27,29). The molecule has 194 valence electrons. The predicted molar refractivity (Wildman–Crippen MR) is 133 cm³/mol. The molecule has 1 aliphatic carbocycles. The quantitative estimate of drug-likeness (QED) is 0.479. The lowest BCUT2D eigenvalue weighted by molar-refractivity contribution is -0.140. The second-order valence-electron chi connectivity index (χ2n) is 9.21. The first kappa shape index (κ1) is 26.0. The molecule has 1 saturated carbocycles. The third kappa shape index (κ3) is 6.36. The zero-order valence-corrected chi connectivity index (χ0v) is 21.4. The van der Waals surface area contributed by atoms with Crippen molar-refractivity contribution in [3.8, 4) is 11.5 Å². The zero-order chi connectivity index (χ0) is 25.7. The largest absolute Gasteiger partial charge is 0.493 e. The molecule has 1 saturated heterocycles. The number of benzene rings is 2. The van der Waals surface area contributed by atoms with E-state index in [4.69, 9.17) is 13.7 Å². The van der Waals surface area contributed by atoms with E-state index in [9.17, 15) is 18.0 Å². The van der Waals surface area contributed by atoms with Gasteiger partial charge in [0, 0.05) is 38.2 Å². The van der Waals surface area contributed by atoms with Crippen molar-refractivity contribution >= 4 is 27.6 Å². The fourth-order valence-electron chi connectivity index (χ4n) is 4.36. The summed E-state index contributed by atoms with van der Waals surface area (Å²) in [5.41, 5.74) is 1.20. The Morgan fingerprint density at radius 3 is 2.39 bits per heavy atom. The molecule has 1 atom stereocenters. The predicted octanol–water partition coefficient (Wildman–Crippen LogP) is 3.73. The molecule has 4 rings (SSSR count). The number of hydrogen-bond acceptors (Lipinski definition) is 7. The molecule has 2 amide bonds. The van der Waals surface area contributed by atoms with Gasteiger partial charge in [0.15, 0.2) is 11.5 Å². The number of ether oxygens (including phenoxy) is 2. The fraction of sp³-hybridized carbons (Fsp3) is 0.462. The average Bonchev–Trinajstić information content (AvgIpc) is 3.30. The maximum Gasteiger partial charge on any atom is 0.339 e. The normalized spacial score (nSPS) is 17.8.